The molecule has 1 N–H and O–H groups in total. The monoisotopic (exact) mass is 247 g/mol. The van der Waals surface area contributed by atoms with Crippen molar-refractivity contribution in [3.05, 3.63) is 0 Å². The minimum Gasteiger partial charge on any atom is -0.382 e. The molecule has 0 radical (unpaired) electrons. The van der Waals surface area contributed by atoms with Crippen LogP contribution in [0, 0.1) is 0 Å². The van der Waals surface area contributed by atoms with Crippen molar-refractivity contribution in [1.29, 1.82) is 0 Å². The lowest BCUT2D eigenvalue weighted by atomic mass is 10.3. The highest BCUT2D eigenvalue weighted by molar-refractivity contribution is 5.77. The van der Waals surface area contributed by atoms with Crippen molar-refractivity contribution in [2.45, 2.75) is 32.8 Å². The Bertz CT molecular complexity index is 185. The minimum atomic E-state index is -0.0565. The molecule has 0 saturated carbocycles. The molecule has 102 valence electrons. The number of hydrogen-bond acceptors (Lipinski definition) is 4. The van der Waals surface area contributed by atoms with Gasteiger partial charge < -0.3 is 19.5 Å². The number of nitrogens with one attached hydrogen (secondary N) is 1. The van der Waals surface area contributed by atoms with Gasteiger partial charge in [-0.05, 0) is 26.7 Å². The average molecular weight is 247 g/mol. The zero-order chi connectivity index (χ0) is 12.9. The van der Waals surface area contributed by atoms with Gasteiger partial charge in [-0.15, -0.1) is 0 Å². The summed E-state index contributed by atoms with van der Waals surface area (Å²) in [6.45, 7) is 6.60. The summed E-state index contributed by atoms with van der Waals surface area (Å²) in [5.74, 6) is -0.0565. The van der Waals surface area contributed by atoms with Gasteiger partial charge in [-0.3, -0.25) is 4.79 Å². The van der Waals surface area contributed by atoms with Crippen LogP contribution in [0.3, 0.4) is 0 Å². The summed E-state index contributed by atoms with van der Waals surface area (Å²) in [5, 5.41) is 2.80. The zero-order valence-electron chi connectivity index (χ0n) is 11.2. The number of amides is 1. The molecule has 0 atom stereocenters. The number of methoxy groups -OCH3 is 1. The van der Waals surface area contributed by atoms with Gasteiger partial charge in [-0.25, -0.2) is 0 Å². The molecule has 5 heteroatoms. The van der Waals surface area contributed by atoms with Crippen LogP contribution in [0.25, 0.3) is 0 Å². The predicted molar refractivity (Wildman–Crippen MR) is 66.0 cm³/mol. The van der Waals surface area contributed by atoms with Crippen LogP contribution >= 0.6 is 0 Å². The largest absolute Gasteiger partial charge is 0.382 e. The van der Waals surface area contributed by atoms with Crippen LogP contribution in [0.15, 0.2) is 0 Å². The van der Waals surface area contributed by atoms with Crippen LogP contribution in [0.4, 0.5) is 0 Å². The fourth-order valence-electron chi connectivity index (χ4n) is 1.09. The van der Waals surface area contributed by atoms with E-state index in [2.05, 4.69) is 5.32 Å². The summed E-state index contributed by atoms with van der Waals surface area (Å²) in [4.78, 5) is 11.2. The Morgan fingerprint density at radius 3 is 2.59 bits per heavy atom. The minimum absolute atomic E-state index is 0.0565. The summed E-state index contributed by atoms with van der Waals surface area (Å²) in [6.07, 6.45) is 1.95. The molecule has 5 nitrogen and oxygen atoms in total. The van der Waals surface area contributed by atoms with Gasteiger partial charge in [-0.2, -0.15) is 0 Å². The Balaban J connectivity index is 3.14. The van der Waals surface area contributed by atoms with Crippen molar-refractivity contribution in [3.8, 4) is 0 Å². The highest BCUT2D eigenvalue weighted by Gasteiger charge is 2.01. The first-order chi connectivity index (χ1) is 8.16. The van der Waals surface area contributed by atoms with Gasteiger partial charge in [0, 0.05) is 20.3 Å². The van der Waals surface area contributed by atoms with Gasteiger partial charge in [0.1, 0.15) is 6.61 Å². The molecule has 1 amide bonds. The molecule has 0 spiro atoms. The number of ether oxygens (including phenoxy) is 3. The Morgan fingerprint density at radius 1 is 1.18 bits per heavy atom. The van der Waals surface area contributed by atoms with Crippen LogP contribution in [0.5, 0.6) is 0 Å². The van der Waals surface area contributed by atoms with E-state index in [-0.39, 0.29) is 18.6 Å². The van der Waals surface area contributed by atoms with Crippen LogP contribution < -0.4 is 5.32 Å². The van der Waals surface area contributed by atoms with Gasteiger partial charge in [0.2, 0.25) is 5.91 Å². The maximum atomic E-state index is 11.2. The van der Waals surface area contributed by atoms with Crippen molar-refractivity contribution < 1.29 is 19.0 Å². The lowest BCUT2D eigenvalue weighted by molar-refractivity contribution is -0.127. The van der Waals surface area contributed by atoms with Crippen LogP contribution in [0.2, 0.25) is 0 Å². The lowest BCUT2D eigenvalue weighted by Gasteiger charge is -2.08. The average Bonchev–Trinajstić information content (AvgIpc) is 2.30. The third-order valence-electron chi connectivity index (χ3n) is 2.02. The van der Waals surface area contributed by atoms with E-state index in [0.29, 0.717) is 26.4 Å². The second-order valence-corrected chi connectivity index (χ2v) is 4.02. The molecule has 0 aromatic carbocycles. The molecule has 0 unspecified atom stereocenters. The first-order valence-corrected chi connectivity index (χ1v) is 6.11. The van der Waals surface area contributed by atoms with Gasteiger partial charge in [-0.1, -0.05) is 0 Å². The number of rotatable bonds is 11. The number of carbonyl (C=O) groups is 1. The first kappa shape index (κ1) is 16.4. The highest BCUT2D eigenvalue weighted by atomic mass is 16.5. The summed E-state index contributed by atoms with van der Waals surface area (Å²) in [5.41, 5.74) is 0. The van der Waals surface area contributed by atoms with E-state index in [9.17, 15) is 4.79 Å². The van der Waals surface area contributed by atoms with Crippen molar-refractivity contribution in [3.63, 3.8) is 0 Å². The summed E-state index contributed by atoms with van der Waals surface area (Å²) in [7, 11) is 1.65. The Kier molecular flexibility index (Phi) is 11.4. The summed E-state index contributed by atoms with van der Waals surface area (Å²) in [6, 6.07) is 0. The fraction of sp³-hybridized carbons (Fsp3) is 0.917. The standard InChI is InChI=1S/C12H25NO4/c1-11(2)17-10-12(14)13-6-4-5-7-16-9-8-15-3/h11H,4-10H2,1-3H3,(H,13,14). The molecule has 0 aromatic rings. The van der Waals surface area contributed by atoms with Crippen LogP contribution in [-0.2, 0) is 19.0 Å². The van der Waals surface area contributed by atoms with E-state index in [1.165, 1.54) is 0 Å². The second kappa shape index (κ2) is 11.8. The van der Waals surface area contributed by atoms with Crippen molar-refractivity contribution in [2.75, 3.05) is 40.1 Å². The molecule has 17 heavy (non-hydrogen) atoms. The Hall–Kier alpha value is -0.650. The molecular weight excluding hydrogens is 222 g/mol. The van der Waals surface area contributed by atoms with Crippen LogP contribution in [-0.4, -0.2) is 52.1 Å². The molecule has 0 aromatic heterocycles. The predicted octanol–water partition coefficient (Wildman–Crippen LogP) is 0.971. The van der Waals surface area contributed by atoms with Crippen molar-refractivity contribution in [1.82, 2.24) is 5.32 Å². The molecular formula is C12H25NO4. The molecule has 0 fully saturated rings. The van der Waals surface area contributed by atoms with Gasteiger partial charge in [0.25, 0.3) is 0 Å². The van der Waals surface area contributed by atoms with Crippen LogP contribution in [0.1, 0.15) is 26.7 Å². The zero-order valence-corrected chi connectivity index (χ0v) is 11.2. The van der Waals surface area contributed by atoms with Gasteiger partial charge in [0.15, 0.2) is 0 Å². The lowest BCUT2D eigenvalue weighted by Crippen LogP contribution is -2.29. The SMILES string of the molecule is COCCOCCCCNC(=O)COC(C)C. The smallest absolute Gasteiger partial charge is 0.246 e. The Labute approximate surface area is 104 Å². The number of hydrogen-bond donors (Lipinski definition) is 1. The normalized spacial score (nSPS) is 10.8. The maximum absolute atomic E-state index is 11.2. The maximum Gasteiger partial charge on any atom is 0.246 e. The topological polar surface area (TPSA) is 56.8 Å². The number of unbranched alkanes of at least 4 members (excludes halogenated alkanes) is 1. The van der Waals surface area contributed by atoms with E-state index >= 15 is 0 Å². The second-order valence-electron chi connectivity index (χ2n) is 4.02. The number of carbonyl (C=O) groups excluding carboxylic acids is 1. The van der Waals surface area contributed by atoms with E-state index in [1.807, 2.05) is 13.8 Å². The third-order valence-corrected chi connectivity index (χ3v) is 2.02. The fourth-order valence-corrected chi connectivity index (χ4v) is 1.09. The quantitative estimate of drug-likeness (QED) is 0.553. The first-order valence-electron chi connectivity index (χ1n) is 6.11. The van der Waals surface area contributed by atoms with E-state index in [4.69, 9.17) is 14.2 Å². The molecule has 0 saturated heterocycles. The molecule has 0 heterocycles. The van der Waals surface area contributed by atoms with Crippen molar-refractivity contribution >= 4 is 5.91 Å². The molecule has 0 aliphatic carbocycles. The molecule has 0 bridgehead atoms. The summed E-state index contributed by atoms with van der Waals surface area (Å²) >= 11 is 0. The van der Waals surface area contributed by atoms with Gasteiger partial charge in [0.05, 0.1) is 19.3 Å². The summed E-state index contributed by atoms with van der Waals surface area (Å²) < 4.78 is 15.3. The molecule has 0 aliphatic heterocycles. The van der Waals surface area contributed by atoms with E-state index in [1.54, 1.807) is 7.11 Å². The Morgan fingerprint density at radius 2 is 1.94 bits per heavy atom. The highest BCUT2D eigenvalue weighted by Crippen LogP contribution is 1.90. The van der Waals surface area contributed by atoms with E-state index < -0.39 is 0 Å². The third kappa shape index (κ3) is 13.3. The van der Waals surface area contributed by atoms with Gasteiger partial charge >= 0.3 is 0 Å². The van der Waals surface area contributed by atoms with Crippen molar-refractivity contribution in [2.24, 2.45) is 0 Å². The molecule has 0 rings (SSSR count). The molecule has 0 aliphatic rings. The van der Waals surface area contributed by atoms with E-state index in [0.717, 1.165) is 12.8 Å².